The van der Waals surface area contributed by atoms with E-state index >= 15 is 0 Å². The molecule has 1 aliphatic rings. The first kappa shape index (κ1) is 26.8. The standard InChI is InChI=1S/C20H25F3N6O4S2/c1-5-13-8-7-12-9-14(24-26-19-27-25-17(34-19)18(30)33-11(3)4)15(10-16(12)29(13)6-2)28-35(31,32)20(21,22)23/h9-11,13,28H,5-8H2,1-4H3. The molecule has 1 aromatic heterocycles. The highest BCUT2D eigenvalue weighted by Crippen LogP contribution is 2.41. The van der Waals surface area contributed by atoms with Crippen LogP contribution in [0.2, 0.25) is 0 Å². The molecule has 0 amide bonds. The predicted octanol–water partition coefficient (Wildman–Crippen LogP) is 5.33. The number of esters is 1. The maximum absolute atomic E-state index is 13.1. The normalized spacial score (nSPS) is 16.6. The van der Waals surface area contributed by atoms with Crippen LogP contribution < -0.4 is 9.62 Å². The lowest BCUT2D eigenvalue weighted by molar-refractivity contribution is -0.0429. The number of hydrogen-bond donors (Lipinski definition) is 1. The highest BCUT2D eigenvalue weighted by Gasteiger charge is 2.46. The summed E-state index contributed by atoms with van der Waals surface area (Å²) in [5, 5.41) is 15.1. The number of aromatic nitrogens is 2. The molecule has 10 nitrogen and oxygen atoms in total. The Morgan fingerprint density at radius 2 is 2.00 bits per heavy atom. The van der Waals surface area contributed by atoms with Crippen LogP contribution in [0.1, 0.15) is 55.9 Å². The van der Waals surface area contributed by atoms with Crippen LogP contribution in [0.5, 0.6) is 0 Å². The second-order valence-electron chi connectivity index (χ2n) is 7.98. The summed E-state index contributed by atoms with van der Waals surface area (Å²) in [5.74, 6) is -0.698. The topological polar surface area (TPSA) is 126 Å². The van der Waals surface area contributed by atoms with E-state index < -0.39 is 21.5 Å². The van der Waals surface area contributed by atoms with Crippen molar-refractivity contribution in [3.8, 4) is 0 Å². The van der Waals surface area contributed by atoms with E-state index in [0.717, 1.165) is 29.7 Å². The molecule has 15 heteroatoms. The van der Waals surface area contributed by atoms with Crippen LogP contribution in [0.25, 0.3) is 0 Å². The number of aryl methyl sites for hydroxylation is 1. The van der Waals surface area contributed by atoms with Crippen molar-refractivity contribution < 1.29 is 31.1 Å². The van der Waals surface area contributed by atoms with Gasteiger partial charge in [-0.1, -0.05) is 18.3 Å². The van der Waals surface area contributed by atoms with Crippen LogP contribution in [0.4, 0.5) is 35.4 Å². The molecule has 3 rings (SSSR count). The highest BCUT2D eigenvalue weighted by atomic mass is 32.2. The molecule has 2 aromatic rings. The fourth-order valence-electron chi connectivity index (χ4n) is 3.68. The summed E-state index contributed by atoms with van der Waals surface area (Å²) in [6, 6.07) is 3.04. The molecule has 1 N–H and O–H groups in total. The number of fused-ring (bicyclic) bond motifs is 1. The monoisotopic (exact) mass is 534 g/mol. The third kappa shape index (κ3) is 6.07. The molecule has 35 heavy (non-hydrogen) atoms. The van der Waals surface area contributed by atoms with E-state index in [1.54, 1.807) is 18.6 Å². The summed E-state index contributed by atoms with van der Waals surface area (Å²) in [7, 11) is -5.70. The number of halogens is 3. The van der Waals surface area contributed by atoms with Gasteiger partial charge in [-0.3, -0.25) is 4.72 Å². The van der Waals surface area contributed by atoms with Crippen molar-refractivity contribution in [3.63, 3.8) is 0 Å². The molecule has 1 unspecified atom stereocenters. The molecule has 0 radical (unpaired) electrons. The van der Waals surface area contributed by atoms with Crippen LogP contribution >= 0.6 is 11.3 Å². The largest absolute Gasteiger partial charge is 0.516 e. The number of rotatable bonds is 8. The summed E-state index contributed by atoms with van der Waals surface area (Å²) < 4.78 is 69.6. The molecular formula is C20H25F3N6O4S2. The average Bonchev–Trinajstić information content (AvgIpc) is 3.24. The van der Waals surface area contributed by atoms with Crippen LogP contribution in [0, 0.1) is 0 Å². The van der Waals surface area contributed by atoms with Gasteiger partial charge >= 0.3 is 21.5 Å². The first-order chi connectivity index (χ1) is 16.4. The van der Waals surface area contributed by atoms with Gasteiger partial charge in [-0.15, -0.1) is 20.4 Å². The first-order valence-electron chi connectivity index (χ1n) is 10.8. The quantitative estimate of drug-likeness (QED) is 0.358. The smallest absolute Gasteiger partial charge is 0.458 e. The fraction of sp³-hybridized carbons (Fsp3) is 0.550. The highest BCUT2D eigenvalue weighted by molar-refractivity contribution is 7.93. The maximum Gasteiger partial charge on any atom is 0.516 e. The van der Waals surface area contributed by atoms with Crippen LogP contribution in [-0.4, -0.2) is 48.8 Å². The maximum atomic E-state index is 13.1. The van der Waals surface area contributed by atoms with Crippen molar-refractivity contribution in [2.45, 2.75) is 64.6 Å². The summed E-state index contributed by atoms with van der Waals surface area (Å²) in [5.41, 5.74) is -4.57. The average molecular weight is 535 g/mol. The number of nitrogens with zero attached hydrogens (tertiary/aromatic N) is 5. The zero-order valence-electron chi connectivity index (χ0n) is 19.5. The van der Waals surface area contributed by atoms with Gasteiger partial charge in [-0.25, -0.2) is 4.79 Å². The van der Waals surface area contributed by atoms with E-state index in [1.165, 1.54) is 12.1 Å². The van der Waals surface area contributed by atoms with E-state index in [-0.39, 0.29) is 33.7 Å². The number of carbonyl (C=O) groups excluding carboxylic acids is 1. The number of ether oxygens (including phenoxy) is 1. The molecule has 0 saturated carbocycles. The van der Waals surface area contributed by atoms with Crippen molar-refractivity contribution in [2.24, 2.45) is 10.2 Å². The molecular weight excluding hydrogens is 509 g/mol. The predicted molar refractivity (Wildman–Crippen MR) is 125 cm³/mol. The third-order valence-electron chi connectivity index (χ3n) is 5.23. The number of benzene rings is 1. The Hall–Kier alpha value is -2.81. The van der Waals surface area contributed by atoms with Gasteiger partial charge in [0.15, 0.2) is 0 Å². The minimum absolute atomic E-state index is 0.0516. The SMILES string of the molecule is CCC1CCc2cc(N=Nc3nnc(C(=O)OC(C)C)s3)c(NS(=O)(=O)C(F)(F)F)cc2N1CC. The minimum Gasteiger partial charge on any atom is -0.458 e. The van der Waals surface area contributed by atoms with Gasteiger partial charge in [0.05, 0.1) is 11.8 Å². The second kappa shape index (κ2) is 10.4. The van der Waals surface area contributed by atoms with Crippen molar-refractivity contribution in [2.75, 3.05) is 16.2 Å². The number of nitrogens with one attached hydrogen (secondary N) is 1. The van der Waals surface area contributed by atoms with Gasteiger partial charge < -0.3 is 9.64 Å². The number of azo groups is 1. The number of sulfonamides is 1. The van der Waals surface area contributed by atoms with Crippen LogP contribution in [0.3, 0.4) is 0 Å². The Labute approximate surface area is 204 Å². The zero-order valence-corrected chi connectivity index (χ0v) is 21.1. The number of carbonyl (C=O) groups is 1. The van der Waals surface area contributed by atoms with E-state index in [2.05, 4.69) is 20.4 Å². The van der Waals surface area contributed by atoms with Crippen molar-refractivity contribution in [3.05, 3.63) is 22.7 Å². The number of hydrogen-bond acceptors (Lipinski definition) is 10. The lowest BCUT2D eigenvalue weighted by atomic mass is 9.93. The molecule has 1 atom stereocenters. The summed E-state index contributed by atoms with van der Waals surface area (Å²) in [6.07, 6.45) is 1.94. The second-order valence-corrected chi connectivity index (χ2v) is 10.6. The lowest BCUT2D eigenvalue weighted by Gasteiger charge is -2.38. The Balaban J connectivity index is 2.02. The first-order valence-corrected chi connectivity index (χ1v) is 13.1. The van der Waals surface area contributed by atoms with Crippen molar-refractivity contribution in [1.29, 1.82) is 0 Å². The molecule has 0 aliphatic carbocycles. The summed E-state index contributed by atoms with van der Waals surface area (Å²) in [6.45, 7) is 7.87. The van der Waals surface area contributed by atoms with Crippen LogP contribution in [0.15, 0.2) is 22.4 Å². The number of alkyl halides is 3. The Kier molecular flexibility index (Phi) is 7.99. The molecule has 192 valence electrons. The van der Waals surface area contributed by atoms with Crippen molar-refractivity contribution >= 4 is 49.5 Å². The fourth-order valence-corrected chi connectivity index (χ4v) is 4.80. The minimum atomic E-state index is -5.70. The third-order valence-corrected chi connectivity index (χ3v) is 7.12. The van der Waals surface area contributed by atoms with E-state index in [9.17, 15) is 26.4 Å². The Morgan fingerprint density at radius 1 is 1.29 bits per heavy atom. The Morgan fingerprint density at radius 3 is 2.60 bits per heavy atom. The van der Waals surface area contributed by atoms with Gasteiger partial charge in [0, 0.05) is 18.3 Å². The van der Waals surface area contributed by atoms with Crippen LogP contribution in [-0.2, 0) is 21.2 Å². The molecule has 0 saturated heterocycles. The molecule has 0 fully saturated rings. The molecule has 2 heterocycles. The molecule has 1 aromatic carbocycles. The van der Waals surface area contributed by atoms with Crippen molar-refractivity contribution in [1.82, 2.24) is 10.2 Å². The van der Waals surface area contributed by atoms with Gasteiger partial charge in [-0.2, -0.15) is 21.6 Å². The van der Waals surface area contributed by atoms with E-state index in [1.807, 2.05) is 18.7 Å². The van der Waals surface area contributed by atoms with Gasteiger partial charge in [0.2, 0.25) is 5.01 Å². The van der Waals surface area contributed by atoms with Gasteiger partial charge in [0.25, 0.3) is 5.13 Å². The summed E-state index contributed by atoms with van der Waals surface area (Å²) >= 11 is 0.777. The zero-order chi connectivity index (χ0) is 26.0. The lowest BCUT2D eigenvalue weighted by Crippen LogP contribution is -2.39. The molecule has 1 aliphatic heterocycles. The van der Waals surface area contributed by atoms with E-state index in [4.69, 9.17) is 4.74 Å². The molecule has 0 bridgehead atoms. The molecule has 0 spiro atoms. The number of anilines is 2. The Bertz CT molecular complexity index is 1210. The summed E-state index contributed by atoms with van der Waals surface area (Å²) in [4.78, 5) is 14.0. The van der Waals surface area contributed by atoms with E-state index in [0.29, 0.717) is 18.7 Å². The van der Waals surface area contributed by atoms with Gasteiger partial charge in [0.1, 0.15) is 5.69 Å². The van der Waals surface area contributed by atoms with Gasteiger partial charge in [-0.05, 0) is 57.7 Å².